The Hall–Kier alpha value is -2.37. The van der Waals surface area contributed by atoms with Gasteiger partial charge in [-0.05, 0) is 12.5 Å². The molecular weight excluding hydrogens is 294 g/mol. The maximum absolute atomic E-state index is 12.1. The van der Waals surface area contributed by atoms with Gasteiger partial charge in [0, 0.05) is 33.1 Å². The van der Waals surface area contributed by atoms with E-state index >= 15 is 0 Å². The Balaban J connectivity index is 1.74. The Morgan fingerprint density at radius 2 is 1.74 bits per heavy atom. The van der Waals surface area contributed by atoms with Crippen LogP contribution in [0.1, 0.15) is 18.1 Å². The monoisotopic (exact) mass is 317 g/mol. The quantitative estimate of drug-likeness (QED) is 0.871. The summed E-state index contributed by atoms with van der Waals surface area (Å²) in [5, 5.41) is 2.67. The van der Waals surface area contributed by atoms with Crippen molar-refractivity contribution < 1.29 is 14.4 Å². The van der Waals surface area contributed by atoms with E-state index in [0.717, 1.165) is 11.1 Å². The molecule has 124 valence electrons. The van der Waals surface area contributed by atoms with E-state index in [0.29, 0.717) is 26.2 Å². The molecule has 6 heteroatoms. The average molecular weight is 317 g/mol. The first-order valence-corrected chi connectivity index (χ1v) is 7.81. The maximum atomic E-state index is 12.1. The van der Waals surface area contributed by atoms with E-state index in [-0.39, 0.29) is 30.7 Å². The average Bonchev–Trinajstić information content (AvgIpc) is 2.52. The summed E-state index contributed by atoms with van der Waals surface area (Å²) in [7, 11) is 0. The van der Waals surface area contributed by atoms with Crippen molar-refractivity contribution in [1.82, 2.24) is 15.1 Å². The van der Waals surface area contributed by atoms with Crippen molar-refractivity contribution >= 4 is 17.7 Å². The number of amides is 3. The third-order valence-corrected chi connectivity index (χ3v) is 3.96. The van der Waals surface area contributed by atoms with E-state index in [9.17, 15) is 14.4 Å². The van der Waals surface area contributed by atoms with E-state index < -0.39 is 0 Å². The molecule has 23 heavy (non-hydrogen) atoms. The second-order valence-electron chi connectivity index (χ2n) is 5.83. The lowest BCUT2D eigenvalue weighted by molar-refractivity contribution is -0.138. The molecule has 1 heterocycles. The molecule has 0 aliphatic carbocycles. The predicted molar refractivity (Wildman–Crippen MR) is 86.7 cm³/mol. The Labute approximate surface area is 136 Å². The van der Waals surface area contributed by atoms with Gasteiger partial charge in [-0.1, -0.05) is 29.8 Å². The molecular formula is C17H23N3O3. The van der Waals surface area contributed by atoms with E-state index in [2.05, 4.69) is 5.32 Å². The van der Waals surface area contributed by atoms with Crippen LogP contribution in [0.3, 0.4) is 0 Å². The Kier molecular flexibility index (Phi) is 5.73. The van der Waals surface area contributed by atoms with Crippen molar-refractivity contribution in [1.29, 1.82) is 0 Å². The summed E-state index contributed by atoms with van der Waals surface area (Å²) in [4.78, 5) is 38.7. The molecule has 2 rings (SSSR count). The fraction of sp³-hybridized carbons (Fsp3) is 0.471. The zero-order chi connectivity index (χ0) is 16.8. The van der Waals surface area contributed by atoms with Gasteiger partial charge >= 0.3 is 0 Å². The maximum Gasteiger partial charge on any atom is 0.242 e. The molecule has 0 spiro atoms. The van der Waals surface area contributed by atoms with Crippen LogP contribution in [-0.4, -0.2) is 60.2 Å². The van der Waals surface area contributed by atoms with Gasteiger partial charge < -0.3 is 15.1 Å². The number of rotatable bonds is 4. The van der Waals surface area contributed by atoms with Crippen molar-refractivity contribution in [2.24, 2.45) is 0 Å². The summed E-state index contributed by atoms with van der Waals surface area (Å²) in [6.07, 6.45) is 0.271. The number of aryl methyl sites for hydroxylation is 1. The van der Waals surface area contributed by atoms with Crippen LogP contribution in [0, 0.1) is 6.92 Å². The van der Waals surface area contributed by atoms with Crippen molar-refractivity contribution in [3.05, 3.63) is 35.4 Å². The fourth-order valence-corrected chi connectivity index (χ4v) is 2.63. The second-order valence-corrected chi connectivity index (χ2v) is 5.83. The number of carbonyl (C=O) groups excluding carboxylic acids is 3. The molecule has 0 unspecified atom stereocenters. The van der Waals surface area contributed by atoms with Gasteiger partial charge in [-0.25, -0.2) is 0 Å². The number of hydrogen-bond acceptors (Lipinski definition) is 3. The number of hydrogen-bond donors (Lipinski definition) is 1. The van der Waals surface area contributed by atoms with Crippen LogP contribution in [-0.2, 0) is 20.8 Å². The first kappa shape index (κ1) is 17.0. The molecule has 6 nitrogen and oxygen atoms in total. The molecule has 0 aromatic heterocycles. The van der Waals surface area contributed by atoms with Crippen LogP contribution >= 0.6 is 0 Å². The largest absolute Gasteiger partial charge is 0.347 e. The van der Waals surface area contributed by atoms with Gasteiger partial charge in [-0.3, -0.25) is 14.4 Å². The minimum Gasteiger partial charge on any atom is -0.347 e. The van der Waals surface area contributed by atoms with Gasteiger partial charge in [0.05, 0.1) is 13.0 Å². The lowest BCUT2D eigenvalue weighted by Crippen LogP contribution is -2.52. The molecule has 1 aromatic carbocycles. The highest BCUT2D eigenvalue weighted by Gasteiger charge is 2.22. The number of nitrogens with zero attached hydrogens (tertiary/aromatic N) is 2. The van der Waals surface area contributed by atoms with Gasteiger partial charge in [-0.15, -0.1) is 0 Å². The van der Waals surface area contributed by atoms with Crippen molar-refractivity contribution in [3.8, 4) is 0 Å². The highest BCUT2D eigenvalue weighted by molar-refractivity contribution is 5.86. The smallest absolute Gasteiger partial charge is 0.242 e. The standard InChI is InChI=1S/C17H23N3O3/c1-13-4-3-5-15(10-13)11-16(22)18-12-17(23)20-8-6-19(7-9-20)14(2)21/h3-5,10H,6-9,11-12H2,1-2H3,(H,18,22). The summed E-state index contributed by atoms with van der Waals surface area (Å²) >= 11 is 0. The lowest BCUT2D eigenvalue weighted by Gasteiger charge is -2.34. The number of piperazine rings is 1. The molecule has 1 aromatic rings. The van der Waals surface area contributed by atoms with Crippen LogP contribution in [0.5, 0.6) is 0 Å². The highest BCUT2D eigenvalue weighted by Crippen LogP contribution is 2.05. The minimum absolute atomic E-state index is 0.00468. The molecule has 0 atom stereocenters. The zero-order valence-corrected chi connectivity index (χ0v) is 13.7. The van der Waals surface area contributed by atoms with Crippen LogP contribution < -0.4 is 5.32 Å². The lowest BCUT2D eigenvalue weighted by atomic mass is 10.1. The van der Waals surface area contributed by atoms with Gasteiger partial charge in [0.15, 0.2) is 0 Å². The van der Waals surface area contributed by atoms with Crippen molar-refractivity contribution in [2.45, 2.75) is 20.3 Å². The summed E-state index contributed by atoms with van der Waals surface area (Å²) in [6, 6.07) is 7.75. The molecule has 1 N–H and O–H groups in total. The van der Waals surface area contributed by atoms with Gasteiger partial charge in [0.2, 0.25) is 17.7 Å². The van der Waals surface area contributed by atoms with E-state index in [1.807, 2.05) is 31.2 Å². The van der Waals surface area contributed by atoms with E-state index in [4.69, 9.17) is 0 Å². The van der Waals surface area contributed by atoms with Crippen LogP contribution in [0.25, 0.3) is 0 Å². The highest BCUT2D eigenvalue weighted by atomic mass is 16.2. The summed E-state index contributed by atoms with van der Waals surface area (Å²) in [5.74, 6) is -0.235. The Bertz CT molecular complexity index is 593. The summed E-state index contributed by atoms with van der Waals surface area (Å²) < 4.78 is 0. The number of benzene rings is 1. The van der Waals surface area contributed by atoms with Crippen LogP contribution in [0.2, 0.25) is 0 Å². The topological polar surface area (TPSA) is 69.7 Å². The zero-order valence-electron chi connectivity index (χ0n) is 13.7. The van der Waals surface area contributed by atoms with Gasteiger partial charge in [0.1, 0.15) is 0 Å². The number of carbonyl (C=O) groups is 3. The molecule has 0 radical (unpaired) electrons. The Morgan fingerprint density at radius 3 is 2.35 bits per heavy atom. The van der Waals surface area contributed by atoms with Gasteiger partial charge in [-0.2, -0.15) is 0 Å². The van der Waals surface area contributed by atoms with Crippen molar-refractivity contribution in [3.63, 3.8) is 0 Å². The molecule has 0 bridgehead atoms. The summed E-state index contributed by atoms with van der Waals surface area (Å²) in [5.41, 5.74) is 2.04. The van der Waals surface area contributed by atoms with Crippen LogP contribution in [0.15, 0.2) is 24.3 Å². The Morgan fingerprint density at radius 1 is 1.09 bits per heavy atom. The summed E-state index contributed by atoms with van der Waals surface area (Å²) in [6.45, 7) is 5.66. The third kappa shape index (κ3) is 5.09. The molecule has 1 saturated heterocycles. The predicted octanol–water partition coefficient (Wildman–Crippen LogP) is 0.344. The van der Waals surface area contributed by atoms with Gasteiger partial charge in [0.25, 0.3) is 0 Å². The van der Waals surface area contributed by atoms with Crippen LogP contribution in [0.4, 0.5) is 0 Å². The minimum atomic E-state index is -0.161. The van der Waals surface area contributed by atoms with E-state index in [1.165, 1.54) is 6.92 Å². The third-order valence-electron chi connectivity index (χ3n) is 3.96. The molecule has 1 aliphatic rings. The molecule has 1 aliphatic heterocycles. The SMILES string of the molecule is CC(=O)N1CCN(C(=O)CNC(=O)Cc2cccc(C)c2)CC1. The number of nitrogens with one attached hydrogen (secondary N) is 1. The first-order valence-electron chi connectivity index (χ1n) is 7.81. The molecule has 1 fully saturated rings. The molecule has 3 amide bonds. The van der Waals surface area contributed by atoms with Crippen molar-refractivity contribution in [2.75, 3.05) is 32.7 Å². The normalized spacial score (nSPS) is 14.5. The second kappa shape index (κ2) is 7.76. The first-order chi connectivity index (χ1) is 11.0. The molecule has 0 saturated carbocycles. The van der Waals surface area contributed by atoms with E-state index in [1.54, 1.807) is 9.80 Å². The fourth-order valence-electron chi connectivity index (χ4n) is 2.63.